The summed E-state index contributed by atoms with van der Waals surface area (Å²) in [6.07, 6.45) is -0.399. The van der Waals surface area contributed by atoms with Gasteiger partial charge in [-0.05, 0) is 6.92 Å². The molecule has 1 aromatic carbocycles. The average Bonchev–Trinajstić information content (AvgIpc) is 2.58. The molecule has 0 amide bonds. The van der Waals surface area contributed by atoms with E-state index in [9.17, 15) is 0 Å². The number of benzene rings is 1. The standard InChI is InChI=1S/C11H10O7P2/c1-4-6-8-5(9-7(4)14-19(13-6)15-9)11(2,3)10-16-20(17-10)18-12-8/h10H,1-3H3. The van der Waals surface area contributed by atoms with Crippen LogP contribution in [0.15, 0.2) is 0 Å². The van der Waals surface area contributed by atoms with E-state index in [2.05, 4.69) is 0 Å². The molecule has 7 nitrogen and oxygen atoms in total. The largest absolute Gasteiger partial charge is 0.530 e. The zero-order valence-corrected chi connectivity index (χ0v) is 12.6. The molecule has 106 valence electrons. The molecular formula is C11H10O7P2. The van der Waals surface area contributed by atoms with Gasteiger partial charge in [0.2, 0.25) is 5.75 Å². The molecule has 20 heavy (non-hydrogen) atoms. The van der Waals surface area contributed by atoms with Gasteiger partial charge in [0.15, 0.2) is 23.5 Å². The smallest absolute Gasteiger partial charge is 0.404 e. The van der Waals surface area contributed by atoms with Gasteiger partial charge >= 0.3 is 17.2 Å². The molecule has 1 aromatic rings. The van der Waals surface area contributed by atoms with Crippen LogP contribution >= 0.6 is 17.2 Å². The van der Waals surface area contributed by atoms with Crippen LogP contribution in [0.3, 0.4) is 0 Å². The quantitative estimate of drug-likeness (QED) is 0.535. The summed E-state index contributed by atoms with van der Waals surface area (Å²) in [6.45, 7) is 5.92. The molecule has 9 heteroatoms. The minimum absolute atomic E-state index is 0.399. The van der Waals surface area contributed by atoms with E-state index in [1.165, 1.54) is 0 Å². The van der Waals surface area contributed by atoms with E-state index >= 15 is 0 Å². The highest BCUT2D eigenvalue weighted by Gasteiger charge is 2.56. The highest BCUT2D eigenvalue weighted by Crippen LogP contribution is 2.71. The van der Waals surface area contributed by atoms with E-state index in [0.717, 1.165) is 16.9 Å². The molecule has 1 fully saturated rings. The second-order valence-corrected chi connectivity index (χ2v) is 7.47. The Balaban J connectivity index is 1.83. The van der Waals surface area contributed by atoms with Crippen molar-refractivity contribution in [1.29, 1.82) is 0 Å². The molecule has 5 aliphatic heterocycles. The number of fused-ring (bicyclic) bond motifs is 3. The van der Waals surface area contributed by atoms with Crippen LogP contribution in [0.1, 0.15) is 25.0 Å². The van der Waals surface area contributed by atoms with Gasteiger partial charge in [0.25, 0.3) is 0 Å². The summed E-state index contributed by atoms with van der Waals surface area (Å²) in [6, 6.07) is 0. The van der Waals surface area contributed by atoms with E-state index in [-0.39, 0.29) is 0 Å². The summed E-state index contributed by atoms with van der Waals surface area (Å²) in [5.74, 6) is 2.53. The third-order valence-electron chi connectivity index (χ3n) is 3.82. The summed E-state index contributed by atoms with van der Waals surface area (Å²) in [7, 11) is -2.85. The molecule has 6 rings (SSSR count). The van der Waals surface area contributed by atoms with Crippen molar-refractivity contribution in [1.82, 2.24) is 0 Å². The van der Waals surface area contributed by atoms with Gasteiger partial charge < -0.3 is 18.5 Å². The normalized spacial score (nSPS) is 33.6. The molecule has 0 radical (unpaired) electrons. The Hall–Kier alpha value is -0.840. The molecule has 5 bridgehead atoms. The molecule has 1 saturated heterocycles. The Morgan fingerprint density at radius 1 is 0.900 bits per heavy atom. The molecule has 0 N–H and O–H groups in total. The van der Waals surface area contributed by atoms with Gasteiger partial charge in [-0.15, -0.1) is 4.67 Å². The molecule has 1 unspecified atom stereocenters. The maximum absolute atomic E-state index is 5.77. The van der Waals surface area contributed by atoms with Gasteiger partial charge in [-0.2, -0.15) is 0 Å². The van der Waals surface area contributed by atoms with Gasteiger partial charge in [0.05, 0.1) is 5.56 Å². The Morgan fingerprint density at radius 2 is 1.55 bits per heavy atom. The van der Waals surface area contributed by atoms with Crippen LogP contribution in [-0.4, -0.2) is 6.29 Å². The predicted molar refractivity (Wildman–Crippen MR) is 67.6 cm³/mol. The number of rotatable bonds is 0. The highest BCUT2D eigenvalue weighted by molar-refractivity contribution is 7.43. The summed E-state index contributed by atoms with van der Waals surface area (Å²) in [4.78, 5) is 5.44. The number of hydrogen-bond donors (Lipinski definition) is 0. The molecule has 5 heterocycles. The van der Waals surface area contributed by atoms with Crippen LogP contribution in [0.25, 0.3) is 0 Å². The maximum Gasteiger partial charge on any atom is 0.530 e. The van der Waals surface area contributed by atoms with Crippen LogP contribution in [-0.2, 0) is 19.1 Å². The van der Waals surface area contributed by atoms with Crippen molar-refractivity contribution < 1.29 is 32.2 Å². The second-order valence-electron chi connectivity index (χ2n) is 5.46. The maximum atomic E-state index is 5.77. The van der Waals surface area contributed by atoms with Crippen LogP contribution in [0.2, 0.25) is 0 Å². The fourth-order valence-corrected chi connectivity index (χ4v) is 4.91. The summed E-state index contributed by atoms with van der Waals surface area (Å²) in [5.41, 5.74) is 1.19. The first kappa shape index (κ1) is 11.8. The average molecular weight is 316 g/mol. The first-order valence-corrected chi connectivity index (χ1v) is 8.28. The van der Waals surface area contributed by atoms with Crippen molar-refractivity contribution in [3.63, 3.8) is 0 Å². The second kappa shape index (κ2) is 3.49. The van der Waals surface area contributed by atoms with Crippen molar-refractivity contribution in [2.45, 2.75) is 32.5 Å². The Labute approximate surface area is 116 Å². The zero-order chi connectivity index (χ0) is 13.6. The topological polar surface area (TPSA) is 64.6 Å². The third kappa shape index (κ3) is 1.24. The molecule has 0 aromatic heterocycles. The Bertz CT molecular complexity index is 640. The van der Waals surface area contributed by atoms with Gasteiger partial charge in [-0.25, -0.2) is 0 Å². The van der Waals surface area contributed by atoms with E-state index in [1.54, 1.807) is 0 Å². The van der Waals surface area contributed by atoms with Crippen LogP contribution < -0.4 is 18.5 Å². The lowest BCUT2D eigenvalue weighted by Gasteiger charge is -2.44. The molecule has 5 aliphatic rings. The summed E-state index contributed by atoms with van der Waals surface area (Å²) < 4.78 is 33.4. The van der Waals surface area contributed by atoms with Crippen molar-refractivity contribution >= 4 is 17.2 Å². The minimum atomic E-state index is -1.43. The highest BCUT2D eigenvalue weighted by atomic mass is 31.2. The molecule has 1 atom stereocenters. The van der Waals surface area contributed by atoms with Crippen molar-refractivity contribution in [2.24, 2.45) is 0 Å². The van der Waals surface area contributed by atoms with Crippen LogP contribution in [0.5, 0.6) is 23.0 Å². The Kier molecular flexibility index (Phi) is 2.05. The van der Waals surface area contributed by atoms with Crippen LogP contribution in [0, 0.1) is 6.92 Å². The fourth-order valence-electron chi connectivity index (χ4n) is 2.67. The first-order valence-electron chi connectivity index (χ1n) is 6.09. The molecule has 0 saturated carbocycles. The van der Waals surface area contributed by atoms with Gasteiger partial charge in [0.1, 0.15) is 0 Å². The monoisotopic (exact) mass is 316 g/mol. The van der Waals surface area contributed by atoms with E-state index in [4.69, 9.17) is 32.2 Å². The minimum Gasteiger partial charge on any atom is -0.404 e. The van der Waals surface area contributed by atoms with Gasteiger partial charge in [0, 0.05) is 11.0 Å². The summed E-state index contributed by atoms with van der Waals surface area (Å²) >= 11 is 0. The van der Waals surface area contributed by atoms with Crippen molar-refractivity contribution in [3.05, 3.63) is 11.1 Å². The van der Waals surface area contributed by atoms with Gasteiger partial charge in [-0.3, -0.25) is 9.05 Å². The SMILES string of the molecule is Cc1c2c3c(c4c1OP(O2)O4)C(C)(C)C1OP(OO3)O1. The molecular weight excluding hydrogens is 306 g/mol. The molecule has 0 aliphatic carbocycles. The lowest BCUT2D eigenvalue weighted by Crippen LogP contribution is -2.44. The summed E-state index contributed by atoms with van der Waals surface area (Å²) in [5, 5.41) is 0. The fraction of sp³-hybridized carbons (Fsp3) is 0.455. The van der Waals surface area contributed by atoms with Crippen LogP contribution in [0.4, 0.5) is 0 Å². The molecule has 0 spiro atoms. The Morgan fingerprint density at radius 3 is 2.30 bits per heavy atom. The van der Waals surface area contributed by atoms with Crippen molar-refractivity contribution in [2.75, 3.05) is 0 Å². The third-order valence-corrected chi connectivity index (χ3v) is 5.74. The predicted octanol–water partition coefficient (Wildman–Crippen LogP) is 3.59. The van der Waals surface area contributed by atoms with Gasteiger partial charge in [-0.1, -0.05) is 13.8 Å². The zero-order valence-electron chi connectivity index (χ0n) is 10.8. The van der Waals surface area contributed by atoms with E-state index in [1.807, 2.05) is 20.8 Å². The first-order chi connectivity index (χ1) is 9.55. The lowest BCUT2D eigenvalue weighted by molar-refractivity contribution is -0.214. The van der Waals surface area contributed by atoms with Crippen molar-refractivity contribution in [3.8, 4) is 23.0 Å². The lowest BCUT2D eigenvalue weighted by atomic mass is 9.81. The van der Waals surface area contributed by atoms with E-state index in [0.29, 0.717) is 17.2 Å². The number of hydrogen-bond acceptors (Lipinski definition) is 7. The van der Waals surface area contributed by atoms with E-state index < -0.39 is 28.9 Å².